The van der Waals surface area contributed by atoms with E-state index in [1.54, 1.807) is 13.8 Å². The fourth-order valence-electron chi connectivity index (χ4n) is 2.08. The molecular formula is C13H13ClN2O4. The summed E-state index contributed by atoms with van der Waals surface area (Å²) in [5, 5.41) is 11.8. The molecule has 6 nitrogen and oxygen atoms in total. The van der Waals surface area contributed by atoms with Gasteiger partial charge in [-0.2, -0.15) is 0 Å². The van der Waals surface area contributed by atoms with Gasteiger partial charge in [-0.25, -0.2) is 4.79 Å². The normalized spacial score (nSPS) is 17.9. The Kier molecular flexibility index (Phi) is 3.43. The highest BCUT2D eigenvalue weighted by molar-refractivity contribution is 6.31. The van der Waals surface area contributed by atoms with E-state index in [0.29, 0.717) is 0 Å². The van der Waals surface area contributed by atoms with Gasteiger partial charge in [-0.15, -0.1) is 0 Å². The third kappa shape index (κ3) is 2.34. The van der Waals surface area contributed by atoms with Gasteiger partial charge in [0.25, 0.3) is 5.91 Å². The minimum absolute atomic E-state index is 0.0481. The number of hydrogen-bond acceptors (Lipinski definition) is 4. The van der Waals surface area contributed by atoms with Crippen LogP contribution in [0.25, 0.3) is 0 Å². The molecule has 0 radical (unpaired) electrons. The van der Waals surface area contributed by atoms with E-state index in [2.05, 4.69) is 5.32 Å². The SMILES string of the molecule is CC1(C)C(=O)NC(=O)CN1c1ccc(Cl)cc1C(=O)O. The van der Waals surface area contributed by atoms with E-state index in [1.807, 2.05) is 0 Å². The van der Waals surface area contributed by atoms with Crippen LogP contribution in [0.5, 0.6) is 0 Å². The molecule has 0 aliphatic carbocycles. The summed E-state index contributed by atoms with van der Waals surface area (Å²) in [5.74, 6) is -2.11. The molecule has 2 amide bonds. The molecule has 1 saturated heterocycles. The zero-order valence-corrected chi connectivity index (χ0v) is 11.7. The van der Waals surface area contributed by atoms with Crippen molar-refractivity contribution >= 4 is 35.1 Å². The first-order valence-corrected chi connectivity index (χ1v) is 6.26. The predicted octanol–water partition coefficient (Wildman–Crippen LogP) is 1.28. The average molecular weight is 297 g/mol. The van der Waals surface area contributed by atoms with Crippen molar-refractivity contribution in [1.29, 1.82) is 0 Å². The number of carboxylic acid groups (broad SMARTS) is 1. The number of nitrogens with zero attached hydrogens (tertiary/aromatic N) is 1. The molecule has 0 aromatic heterocycles. The van der Waals surface area contributed by atoms with E-state index in [9.17, 15) is 19.5 Å². The number of amides is 2. The minimum Gasteiger partial charge on any atom is -0.478 e. The van der Waals surface area contributed by atoms with E-state index in [1.165, 1.54) is 23.1 Å². The fraction of sp³-hybridized carbons (Fsp3) is 0.308. The molecule has 0 unspecified atom stereocenters. The largest absolute Gasteiger partial charge is 0.478 e. The van der Waals surface area contributed by atoms with Crippen LogP contribution in [0.3, 0.4) is 0 Å². The predicted molar refractivity (Wildman–Crippen MR) is 73.0 cm³/mol. The van der Waals surface area contributed by atoms with Crippen LogP contribution in [0.1, 0.15) is 24.2 Å². The van der Waals surface area contributed by atoms with Crippen molar-refractivity contribution in [2.24, 2.45) is 0 Å². The number of imide groups is 1. The summed E-state index contributed by atoms with van der Waals surface area (Å²) in [6, 6.07) is 4.32. The molecule has 2 N–H and O–H groups in total. The van der Waals surface area contributed by atoms with Crippen molar-refractivity contribution in [3.8, 4) is 0 Å². The molecule has 20 heavy (non-hydrogen) atoms. The Balaban J connectivity index is 2.57. The van der Waals surface area contributed by atoms with Crippen LogP contribution < -0.4 is 10.2 Å². The lowest BCUT2D eigenvalue weighted by molar-refractivity contribution is -0.135. The molecule has 1 aromatic carbocycles. The summed E-state index contributed by atoms with van der Waals surface area (Å²) >= 11 is 5.80. The molecule has 1 aromatic rings. The fourth-order valence-corrected chi connectivity index (χ4v) is 2.26. The van der Waals surface area contributed by atoms with Crippen molar-refractivity contribution in [2.75, 3.05) is 11.4 Å². The number of aromatic carboxylic acids is 1. The number of rotatable bonds is 2. The second kappa shape index (κ2) is 4.79. The van der Waals surface area contributed by atoms with Gasteiger partial charge in [0.15, 0.2) is 0 Å². The molecule has 1 aliphatic heterocycles. The van der Waals surface area contributed by atoms with Gasteiger partial charge in [0.05, 0.1) is 17.8 Å². The summed E-state index contributed by atoms with van der Waals surface area (Å²) in [7, 11) is 0. The van der Waals surface area contributed by atoms with E-state index < -0.39 is 23.3 Å². The van der Waals surface area contributed by atoms with Crippen LogP contribution in [0.2, 0.25) is 5.02 Å². The maximum Gasteiger partial charge on any atom is 0.337 e. The number of carbonyl (C=O) groups is 3. The maximum absolute atomic E-state index is 11.9. The minimum atomic E-state index is -1.17. The van der Waals surface area contributed by atoms with E-state index >= 15 is 0 Å². The van der Waals surface area contributed by atoms with Gasteiger partial charge in [0, 0.05) is 5.02 Å². The number of nitrogens with one attached hydrogen (secondary N) is 1. The number of piperazine rings is 1. The van der Waals surface area contributed by atoms with Gasteiger partial charge in [0.1, 0.15) is 5.54 Å². The first-order valence-electron chi connectivity index (χ1n) is 5.88. The van der Waals surface area contributed by atoms with Crippen molar-refractivity contribution in [3.63, 3.8) is 0 Å². The molecule has 0 atom stereocenters. The van der Waals surface area contributed by atoms with E-state index in [-0.39, 0.29) is 22.8 Å². The third-order valence-corrected chi connectivity index (χ3v) is 3.50. The first-order chi connectivity index (χ1) is 9.23. The van der Waals surface area contributed by atoms with Crippen molar-refractivity contribution in [2.45, 2.75) is 19.4 Å². The topological polar surface area (TPSA) is 86.7 Å². The third-order valence-electron chi connectivity index (χ3n) is 3.26. The van der Waals surface area contributed by atoms with Gasteiger partial charge >= 0.3 is 5.97 Å². The van der Waals surface area contributed by atoms with Crippen molar-refractivity contribution in [1.82, 2.24) is 5.32 Å². The molecule has 0 spiro atoms. The van der Waals surface area contributed by atoms with Crippen LogP contribution in [-0.4, -0.2) is 35.0 Å². The smallest absolute Gasteiger partial charge is 0.337 e. The monoisotopic (exact) mass is 296 g/mol. The number of carboxylic acids is 1. The summed E-state index contributed by atoms with van der Waals surface area (Å²) in [6.45, 7) is 3.14. The maximum atomic E-state index is 11.9. The Hall–Kier alpha value is -2.08. The van der Waals surface area contributed by atoms with E-state index in [4.69, 9.17) is 11.6 Å². The molecule has 0 saturated carbocycles. The van der Waals surface area contributed by atoms with Gasteiger partial charge < -0.3 is 10.0 Å². The molecule has 1 aliphatic rings. The Morgan fingerprint density at radius 2 is 2.05 bits per heavy atom. The van der Waals surface area contributed by atoms with Crippen LogP contribution in [0.4, 0.5) is 5.69 Å². The van der Waals surface area contributed by atoms with Crippen molar-refractivity contribution in [3.05, 3.63) is 28.8 Å². The highest BCUT2D eigenvalue weighted by Crippen LogP contribution is 2.31. The second-order valence-corrected chi connectivity index (χ2v) is 5.43. The summed E-state index contributed by atoms with van der Waals surface area (Å²) in [6.07, 6.45) is 0. The molecular weight excluding hydrogens is 284 g/mol. The van der Waals surface area contributed by atoms with Crippen LogP contribution in [0.15, 0.2) is 18.2 Å². The summed E-state index contributed by atoms with van der Waals surface area (Å²) in [5.41, 5.74) is -0.797. The van der Waals surface area contributed by atoms with Gasteiger partial charge in [-0.05, 0) is 32.0 Å². The lowest BCUT2D eigenvalue weighted by Crippen LogP contribution is -2.64. The lowest BCUT2D eigenvalue weighted by atomic mass is 9.96. The highest BCUT2D eigenvalue weighted by atomic mass is 35.5. The number of carbonyl (C=O) groups excluding carboxylic acids is 2. The number of halogens is 1. The Bertz CT molecular complexity index is 612. The molecule has 7 heteroatoms. The summed E-state index contributed by atoms with van der Waals surface area (Å²) in [4.78, 5) is 36.2. The molecule has 1 fully saturated rings. The van der Waals surface area contributed by atoms with Crippen LogP contribution in [0, 0.1) is 0 Å². The molecule has 106 valence electrons. The molecule has 2 rings (SSSR count). The molecule has 0 bridgehead atoms. The average Bonchev–Trinajstić information content (AvgIpc) is 2.34. The van der Waals surface area contributed by atoms with Gasteiger partial charge in [0.2, 0.25) is 5.91 Å². The zero-order valence-electron chi connectivity index (χ0n) is 10.9. The van der Waals surface area contributed by atoms with Crippen LogP contribution in [-0.2, 0) is 9.59 Å². The lowest BCUT2D eigenvalue weighted by Gasteiger charge is -2.42. The number of hydrogen-bond donors (Lipinski definition) is 2. The highest BCUT2D eigenvalue weighted by Gasteiger charge is 2.42. The quantitative estimate of drug-likeness (QED) is 0.803. The van der Waals surface area contributed by atoms with Crippen LogP contribution >= 0.6 is 11.6 Å². The second-order valence-electron chi connectivity index (χ2n) is 4.99. The van der Waals surface area contributed by atoms with Gasteiger partial charge in [-0.3, -0.25) is 14.9 Å². The van der Waals surface area contributed by atoms with Crippen molar-refractivity contribution < 1.29 is 19.5 Å². The standard InChI is InChI=1S/C13H13ClN2O4/c1-13(2)12(20)15-10(17)6-16(13)9-4-3-7(14)5-8(9)11(18)19/h3-5H,6H2,1-2H3,(H,18,19)(H,15,17,20). The van der Waals surface area contributed by atoms with Gasteiger partial charge in [-0.1, -0.05) is 11.6 Å². The first kappa shape index (κ1) is 14.3. The Labute approximate surface area is 120 Å². The number of anilines is 1. The number of benzene rings is 1. The molecule has 1 heterocycles. The zero-order chi connectivity index (χ0) is 15.1. The van der Waals surface area contributed by atoms with E-state index in [0.717, 1.165) is 0 Å². The Morgan fingerprint density at radius 3 is 2.65 bits per heavy atom. The summed E-state index contributed by atoms with van der Waals surface area (Å²) < 4.78 is 0. The Morgan fingerprint density at radius 1 is 1.40 bits per heavy atom.